The van der Waals surface area contributed by atoms with Crippen molar-refractivity contribution in [2.24, 2.45) is 0 Å². The summed E-state index contributed by atoms with van der Waals surface area (Å²) < 4.78 is 36.4. The van der Waals surface area contributed by atoms with Crippen LogP contribution in [0.15, 0.2) is 36.4 Å². The Balaban J connectivity index is 0.000000338. The van der Waals surface area contributed by atoms with Gasteiger partial charge in [-0.15, -0.1) is 10.2 Å². The van der Waals surface area contributed by atoms with Crippen LogP contribution in [-0.4, -0.2) is 16.8 Å². The highest BCUT2D eigenvalue weighted by atomic mass is 35.7. The van der Waals surface area contributed by atoms with Crippen LogP contribution in [0.2, 0.25) is 0 Å². The third-order valence-electron chi connectivity index (χ3n) is 4.45. The number of hydrogen-bond acceptors (Lipinski definition) is 4. The average Bonchev–Trinajstić information content (AvgIpc) is 2.64. The third-order valence-corrected chi connectivity index (χ3v) is 4.45. The highest BCUT2D eigenvalue weighted by Crippen LogP contribution is 2.43. The molecule has 2 aromatic rings. The second-order valence-electron chi connectivity index (χ2n) is 6.01. The van der Waals surface area contributed by atoms with Gasteiger partial charge in [0.05, 0.1) is 5.41 Å². The predicted molar refractivity (Wildman–Crippen MR) is 78.1 cm³/mol. The second-order valence-corrected chi connectivity index (χ2v) is 6.77. The van der Waals surface area contributed by atoms with Crippen molar-refractivity contribution in [3.8, 4) is 0 Å². The molecule has 1 heterocycles. The zero-order valence-electron chi connectivity index (χ0n) is 13.6. The van der Waals surface area contributed by atoms with E-state index in [0.29, 0.717) is 0 Å². The van der Waals surface area contributed by atoms with Gasteiger partial charge in [-0.05, 0) is 37.6 Å². The van der Waals surface area contributed by atoms with Crippen LogP contribution in [0, 0.1) is 10.2 Å². The normalized spacial score (nSPS) is 16.2. The minimum Gasteiger partial charge on any atom is -0.222 e. The van der Waals surface area contributed by atoms with Gasteiger partial charge in [0.1, 0.15) is 6.54 Å². The minimum atomic E-state index is -4.94. The van der Waals surface area contributed by atoms with Crippen molar-refractivity contribution in [2.75, 3.05) is 6.54 Å². The highest BCUT2D eigenvalue weighted by molar-refractivity contribution is 6.01. The summed E-state index contributed by atoms with van der Waals surface area (Å²) in [5.41, 5.74) is 4.46. The third kappa shape index (κ3) is 3.54. The molecule has 0 N–H and O–H groups in total. The summed E-state index contributed by atoms with van der Waals surface area (Å²) in [5, 5.41) is 2.74. The van der Waals surface area contributed by atoms with Crippen molar-refractivity contribution in [2.45, 2.75) is 33.1 Å². The Morgan fingerprint density at radius 1 is 1.00 bits per heavy atom. The van der Waals surface area contributed by atoms with Gasteiger partial charge < -0.3 is 0 Å². The van der Waals surface area contributed by atoms with E-state index in [1.165, 1.54) is 27.7 Å². The molecule has 1 aliphatic rings. The SMILES string of the molecule is CC[N+]1=C(C)C(C)(C)c2c1ccc1ccccc21.[O-][Cl+3]([O-])([O-])[O-]. The molecule has 0 aliphatic carbocycles. The first-order chi connectivity index (χ1) is 10.6. The molecule has 0 radical (unpaired) electrons. The molecule has 2 aromatic carbocycles. The maximum atomic E-state index is 8.49. The van der Waals surface area contributed by atoms with Crippen LogP contribution in [0.25, 0.3) is 10.8 Å². The fraction of sp³-hybridized carbons (Fsp3) is 0.353. The van der Waals surface area contributed by atoms with Crippen LogP contribution < -0.4 is 18.6 Å². The quantitative estimate of drug-likeness (QED) is 0.655. The Morgan fingerprint density at radius 2 is 1.57 bits per heavy atom. The lowest BCUT2D eigenvalue weighted by Gasteiger charge is -2.17. The van der Waals surface area contributed by atoms with Crippen molar-refractivity contribution in [3.63, 3.8) is 0 Å². The van der Waals surface area contributed by atoms with Crippen molar-refractivity contribution in [1.29, 1.82) is 0 Å². The van der Waals surface area contributed by atoms with E-state index in [9.17, 15) is 0 Å². The zero-order chi connectivity index (χ0) is 17.4. The van der Waals surface area contributed by atoms with E-state index < -0.39 is 10.2 Å². The maximum Gasteiger partial charge on any atom is 0.210 e. The summed E-state index contributed by atoms with van der Waals surface area (Å²) in [4.78, 5) is 0. The predicted octanol–water partition coefficient (Wildman–Crippen LogP) is -0.500. The fourth-order valence-electron chi connectivity index (χ4n) is 3.25. The Kier molecular flexibility index (Phi) is 4.80. The molecule has 0 saturated carbocycles. The Hall–Kier alpha value is -1.50. The van der Waals surface area contributed by atoms with Gasteiger partial charge in [0.2, 0.25) is 5.69 Å². The van der Waals surface area contributed by atoms with E-state index in [2.05, 4.69) is 68.7 Å². The van der Waals surface area contributed by atoms with Gasteiger partial charge in [0.25, 0.3) is 0 Å². The van der Waals surface area contributed by atoms with Gasteiger partial charge >= 0.3 is 0 Å². The summed E-state index contributed by atoms with van der Waals surface area (Å²) in [6, 6.07) is 13.2. The van der Waals surface area contributed by atoms with Crippen LogP contribution in [0.1, 0.15) is 33.3 Å². The Bertz CT molecular complexity index is 757. The van der Waals surface area contributed by atoms with E-state index >= 15 is 0 Å². The lowest BCUT2D eigenvalue weighted by Crippen LogP contribution is -2.68. The Morgan fingerprint density at radius 3 is 2.13 bits per heavy atom. The van der Waals surface area contributed by atoms with E-state index in [-0.39, 0.29) is 5.41 Å². The number of benzene rings is 2. The lowest BCUT2D eigenvalue weighted by molar-refractivity contribution is -2.00. The summed E-state index contributed by atoms with van der Waals surface area (Å²) in [7, 11) is -4.94. The zero-order valence-corrected chi connectivity index (χ0v) is 14.4. The molecule has 124 valence electrons. The first-order valence-corrected chi connectivity index (χ1v) is 8.56. The summed E-state index contributed by atoms with van der Waals surface area (Å²) in [6.45, 7) is 10.2. The summed E-state index contributed by atoms with van der Waals surface area (Å²) in [6.07, 6.45) is 0. The molecule has 1 aliphatic heterocycles. The molecule has 3 rings (SSSR count). The van der Waals surface area contributed by atoms with Crippen LogP contribution in [0.4, 0.5) is 5.69 Å². The van der Waals surface area contributed by atoms with Crippen LogP contribution in [0.5, 0.6) is 0 Å². The Labute approximate surface area is 137 Å². The number of hydrogen-bond donors (Lipinski definition) is 0. The van der Waals surface area contributed by atoms with Crippen LogP contribution in [0.3, 0.4) is 0 Å². The highest BCUT2D eigenvalue weighted by Gasteiger charge is 2.43. The van der Waals surface area contributed by atoms with E-state index in [1.807, 2.05) is 0 Å². The molecule has 0 atom stereocenters. The van der Waals surface area contributed by atoms with Crippen molar-refractivity contribution < 1.29 is 33.5 Å². The summed E-state index contributed by atoms with van der Waals surface area (Å²) >= 11 is 0. The molecular weight excluding hydrogens is 318 g/mol. The number of nitrogens with zero attached hydrogens (tertiary/aromatic N) is 1. The molecule has 0 bridgehead atoms. The molecule has 5 nitrogen and oxygen atoms in total. The van der Waals surface area contributed by atoms with Crippen LogP contribution >= 0.6 is 0 Å². The smallest absolute Gasteiger partial charge is 0.210 e. The number of halogens is 1. The molecule has 23 heavy (non-hydrogen) atoms. The van der Waals surface area contributed by atoms with Gasteiger partial charge in [-0.25, -0.2) is 18.6 Å². The molecule has 0 amide bonds. The molecule has 0 saturated heterocycles. The molecule has 0 fully saturated rings. The molecule has 0 aromatic heterocycles. The number of rotatable bonds is 1. The van der Waals surface area contributed by atoms with Gasteiger partial charge in [-0.1, -0.05) is 24.3 Å². The monoisotopic (exact) mass is 337 g/mol. The van der Waals surface area contributed by atoms with E-state index in [1.54, 1.807) is 0 Å². The van der Waals surface area contributed by atoms with Gasteiger partial charge in [-0.3, -0.25) is 0 Å². The standard InChI is InChI=1S/C17H20N.ClHO4/c1-5-18-12(2)17(3,4)16-14-9-7-6-8-13(14)10-11-15(16)18;2-1(3,4)5/h6-11H,5H2,1-4H3;(H,2,3,4,5)/q+1;/p-1. The van der Waals surface area contributed by atoms with Crippen molar-refractivity contribution >= 4 is 22.2 Å². The van der Waals surface area contributed by atoms with Gasteiger partial charge in [0.15, 0.2) is 5.71 Å². The lowest BCUT2D eigenvalue weighted by atomic mass is 9.80. The van der Waals surface area contributed by atoms with E-state index in [0.717, 1.165) is 6.54 Å². The van der Waals surface area contributed by atoms with Crippen molar-refractivity contribution in [3.05, 3.63) is 42.0 Å². The first-order valence-electron chi connectivity index (χ1n) is 7.33. The van der Waals surface area contributed by atoms with Crippen molar-refractivity contribution in [1.82, 2.24) is 0 Å². The summed E-state index contributed by atoms with van der Waals surface area (Å²) in [5.74, 6) is 0. The first kappa shape index (κ1) is 17.8. The largest absolute Gasteiger partial charge is 0.222 e. The number of fused-ring (bicyclic) bond motifs is 3. The molecule has 0 spiro atoms. The van der Waals surface area contributed by atoms with E-state index in [4.69, 9.17) is 18.6 Å². The maximum absolute atomic E-state index is 8.49. The average molecular weight is 338 g/mol. The fourth-order valence-corrected chi connectivity index (χ4v) is 3.25. The molecule has 6 heteroatoms. The minimum absolute atomic E-state index is 0.131. The molecular formula is C17H20ClNO4. The topological polar surface area (TPSA) is 95.2 Å². The molecule has 0 unspecified atom stereocenters. The van der Waals surface area contributed by atoms with Crippen LogP contribution in [-0.2, 0) is 5.41 Å². The van der Waals surface area contributed by atoms with Gasteiger partial charge in [0, 0.05) is 18.6 Å². The van der Waals surface area contributed by atoms with Gasteiger partial charge in [-0.2, -0.15) is 4.58 Å². The second kappa shape index (κ2) is 6.19.